The molecule has 7 heteroatoms. The molecule has 0 saturated carbocycles. The lowest BCUT2D eigenvalue weighted by Gasteiger charge is -2.24. The fourth-order valence-corrected chi connectivity index (χ4v) is 3.90. The molecule has 5 rings (SSSR count). The zero-order valence-corrected chi connectivity index (χ0v) is 16.6. The van der Waals surface area contributed by atoms with E-state index in [-0.39, 0.29) is 24.9 Å². The minimum Gasteiger partial charge on any atom is -0.454 e. The topological polar surface area (TPSA) is 80.2 Å². The monoisotopic (exact) mass is 403 g/mol. The van der Waals surface area contributed by atoms with Crippen LogP contribution in [0.5, 0.6) is 11.5 Å². The number of carbonyl (C=O) groups is 2. The highest BCUT2D eigenvalue weighted by molar-refractivity contribution is 6.46. The predicted octanol–water partition coefficient (Wildman–Crippen LogP) is 2.96. The Morgan fingerprint density at radius 2 is 1.97 bits per heavy atom. The third-order valence-corrected chi connectivity index (χ3v) is 5.44. The summed E-state index contributed by atoms with van der Waals surface area (Å²) in [6.45, 7) is 2.89. The van der Waals surface area contributed by atoms with Gasteiger partial charge >= 0.3 is 0 Å². The number of nitrogens with zero attached hydrogens (tertiary/aromatic N) is 2. The zero-order valence-electron chi connectivity index (χ0n) is 16.6. The number of nitrogens with one attached hydrogen (secondary N) is 1. The van der Waals surface area contributed by atoms with E-state index in [0.29, 0.717) is 23.6 Å². The Labute approximate surface area is 174 Å². The Hall–Kier alpha value is -3.61. The number of ketones is 1. The van der Waals surface area contributed by atoms with Crippen LogP contribution in [0.25, 0.3) is 5.70 Å². The van der Waals surface area contributed by atoms with Gasteiger partial charge < -0.3 is 14.8 Å². The molecule has 152 valence electrons. The van der Waals surface area contributed by atoms with E-state index in [1.165, 1.54) is 5.01 Å². The first-order chi connectivity index (χ1) is 14.6. The van der Waals surface area contributed by atoms with Crippen LogP contribution in [0.3, 0.4) is 0 Å². The predicted molar refractivity (Wildman–Crippen MR) is 113 cm³/mol. The molecule has 30 heavy (non-hydrogen) atoms. The van der Waals surface area contributed by atoms with Crippen molar-refractivity contribution in [2.75, 3.05) is 18.3 Å². The van der Waals surface area contributed by atoms with Crippen molar-refractivity contribution in [3.63, 3.8) is 0 Å². The molecule has 0 unspecified atom stereocenters. The molecule has 0 saturated heterocycles. The van der Waals surface area contributed by atoms with Crippen molar-refractivity contribution in [1.29, 1.82) is 0 Å². The van der Waals surface area contributed by atoms with Gasteiger partial charge in [0.1, 0.15) is 5.71 Å². The van der Waals surface area contributed by atoms with Crippen LogP contribution in [0.4, 0.5) is 5.69 Å². The summed E-state index contributed by atoms with van der Waals surface area (Å²) < 4.78 is 11.0. The number of fused-ring (bicyclic) bond motifs is 2. The summed E-state index contributed by atoms with van der Waals surface area (Å²) >= 11 is 0. The summed E-state index contributed by atoms with van der Waals surface area (Å²) in [6, 6.07) is 11.4. The number of benzene rings is 2. The summed E-state index contributed by atoms with van der Waals surface area (Å²) in [5.74, 6) is 1.11. The van der Waals surface area contributed by atoms with Gasteiger partial charge in [0.2, 0.25) is 18.5 Å². The highest BCUT2D eigenvalue weighted by Gasteiger charge is 2.27. The largest absolute Gasteiger partial charge is 0.454 e. The number of amides is 1. The molecule has 7 nitrogen and oxygen atoms in total. The summed E-state index contributed by atoms with van der Waals surface area (Å²) in [5, 5.41) is 9.03. The fourth-order valence-electron chi connectivity index (χ4n) is 3.90. The molecule has 3 aliphatic rings. The SMILES string of the molecule is Cc1cccc(N2N=C(C(=O)/C=C3\NCCc4cc5c(cc43)OCO5)CCC2=O)c1. The Morgan fingerprint density at radius 3 is 2.80 bits per heavy atom. The summed E-state index contributed by atoms with van der Waals surface area (Å²) in [4.78, 5) is 25.4. The van der Waals surface area contributed by atoms with E-state index in [0.717, 1.165) is 41.1 Å². The first-order valence-electron chi connectivity index (χ1n) is 9.98. The van der Waals surface area contributed by atoms with Crippen molar-refractivity contribution >= 4 is 28.8 Å². The summed E-state index contributed by atoms with van der Waals surface area (Å²) in [5.41, 5.74) is 4.85. The third-order valence-electron chi connectivity index (χ3n) is 5.44. The van der Waals surface area contributed by atoms with Crippen molar-refractivity contribution < 1.29 is 19.1 Å². The zero-order chi connectivity index (χ0) is 20.7. The van der Waals surface area contributed by atoms with Crippen LogP contribution in [-0.2, 0) is 16.0 Å². The number of ether oxygens (including phenoxy) is 2. The van der Waals surface area contributed by atoms with Gasteiger partial charge in [-0.3, -0.25) is 9.59 Å². The molecule has 1 N–H and O–H groups in total. The van der Waals surface area contributed by atoms with Crippen molar-refractivity contribution in [3.05, 3.63) is 59.2 Å². The first kappa shape index (κ1) is 18.4. The Balaban J connectivity index is 1.46. The third kappa shape index (κ3) is 3.32. The first-order valence-corrected chi connectivity index (χ1v) is 9.98. The van der Waals surface area contributed by atoms with Crippen molar-refractivity contribution in [2.24, 2.45) is 5.10 Å². The van der Waals surface area contributed by atoms with Crippen LogP contribution < -0.4 is 19.8 Å². The molecular weight excluding hydrogens is 382 g/mol. The second-order valence-electron chi connectivity index (χ2n) is 7.55. The van der Waals surface area contributed by atoms with Gasteiger partial charge in [-0.1, -0.05) is 12.1 Å². The van der Waals surface area contributed by atoms with Crippen LogP contribution in [0.2, 0.25) is 0 Å². The van der Waals surface area contributed by atoms with Gasteiger partial charge in [0.15, 0.2) is 11.5 Å². The molecule has 0 fully saturated rings. The summed E-state index contributed by atoms with van der Waals surface area (Å²) in [6.07, 6.45) is 3.00. The number of rotatable bonds is 3. The average Bonchev–Trinajstić information content (AvgIpc) is 3.20. The van der Waals surface area contributed by atoms with E-state index < -0.39 is 0 Å². The Morgan fingerprint density at radius 1 is 1.13 bits per heavy atom. The standard InChI is InChI=1S/C23H21N3O4/c1-14-3-2-4-16(9-14)26-23(28)6-5-18(25-26)20(27)12-19-17-11-22-21(29-13-30-22)10-15(17)7-8-24-19/h2-4,9-12,24H,5-8,13H2,1H3/b19-12-. The van der Waals surface area contributed by atoms with Gasteiger partial charge in [-0.2, -0.15) is 5.10 Å². The molecule has 3 heterocycles. The maximum atomic E-state index is 13.0. The van der Waals surface area contributed by atoms with E-state index in [4.69, 9.17) is 9.47 Å². The smallest absolute Gasteiger partial charge is 0.247 e. The molecular formula is C23H21N3O4. The van der Waals surface area contributed by atoms with E-state index in [9.17, 15) is 9.59 Å². The number of hydrazone groups is 1. The van der Waals surface area contributed by atoms with Crippen molar-refractivity contribution in [2.45, 2.75) is 26.2 Å². The van der Waals surface area contributed by atoms with Crippen LogP contribution >= 0.6 is 0 Å². The molecule has 0 bridgehead atoms. The molecule has 3 aliphatic heterocycles. The summed E-state index contributed by atoms with van der Waals surface area (Å²) in [7, 11) is 0. The molecule has 0 radical (unpaired) electrons. The highest BCUT2D eigenvalue weighted by Crippen LogP contribution is 2.38. The van der Waals surface area contributed by atoms with Crippen LogP contribution in [-0.4, -0.2) is 30.7 Å². The quantitative estimate of drug-likeness (QED) is 0.797. The molecule has 1 amide bonds. The van der Waals surface area contributed by atoms with Gasteiger partial charge in [-0.05, 0) is 48.7 Å². The van der Waals surface area contributed by atoms with E-state index >= 15 is 0 Å². The number of carbonyl (C=O) groups excluding carboxylic acids is 2. The van der Waals surface area contributed by atoms with E-state index in [1.807, 2.05) is 43.3 Å². The number of anilines is 1. The van der Waals surface area contributed by atoms with Crippen LogP contribution in [0.1, 0.15) is 29.5 Å². The minimum absolute atomic E-state index is 0.112. The van der Waals surface area contributed by atoms with Crippen LogP contribution in [0, 0.1) is 6.92 Å². The highest BCUT2D eigenvalue weighted by atomic mass is 16.7. The number of allylic oxidation sites excluding steroid dienone is 1. The molecule has 0 spiro atoms. The molecule has 0 aliphatic carbocycles. The number of aryl methyl sites for hydroxylation is 1. The van der Waals surface area contributed by atoms with E-state index in [2.05, 4.69) is 10.4 Å². The Bertz CT molecular complexity index is 1120. The Kier molecular flexibility index (Phi) is 4.50. The molecule has 0 aromatic heterocycles. The molecule has 2 aromatic rings. The van der Waals surface area contributed by atoms with Crippen LogP contribution in [0.15, 0.2) is 47.6 Å². The maximum absolute atomic E-state index is 13.0. The number of hydrogen-bond donors (Lipinski definition) is 1. The molecule has 0 atom stereocenters. The second kappa shape index (κ2) is 7.33. The number of hydrogen-bond acceptors (Lipinski definition) is 6. The minimum atomic E-state index is -0.201. The van der Waals surface area contributed by atoms with Gasteiger partial charge in [0, 0.05) is 36.7 Å². The van der Waals surface area contributed by atoms with Gasteiger partial charge in [0.25, 0.3) is 0 Å². The van der Waals surface area contributed by atoms with Crippen molar-refractivity contribution in [3.8, 4) is 11.5 Å². The molecule has 2 aromatic carbocycles. The second-order valence-corrected chi connectivity index (χ2v) is 7.55. The van der Waals surface area contributed by atoms with Crippen molar-refractivity contribution in [1.82, 2.24) is 5.32 Å². The lowest BCUT2D eigenvalue weighted by atomic mass is 9.95. The maximum Gasteiger partial charge on any atom is 0.247 e. The lowest BCUT2D eigenvalue weighted by Crippen LogP contribution is -2.34. The van der Waals surface area contributed by atoms with Gasteiger partial charge in [0.05, 0.1) is 5.69 Å². The van der Waals surface area contributed by atoms with Gasteiger partial charge in [-0.15, -0.1) is 0 Å². The van der Waals surface area contributed by atoms with Gasteiger partial charge in [-0.25, -0.2) is 5.01 Å². The normalized spacial score (nSPS) is 18.7. The average molecular weight is 403 g/mol. The van der Waals surface area contributed by atoms with E-state index in [1.54, 1.807) is 6.08 Å². The lowest BCUT2D eigenvalue weighted by molar-refractivity contribution is -0.118. The fraction of sp³-hybridized carbons (Fsp3) is 0.261.